The molecule has 1 aliphatic rings. The minimum atomic E-state index is 0. The van der Waals surface area contributed by atoms with Gasteiger partial charge in [-0.15, -0.1) is 24.8 Å². The zero-order chi connectivity index (χ0) is 11.5. The molecule has 1 aromatic carbocycles. The van der Waals surface area contributed by atoms with E-state index in [1.54, 1.807) is 0 Å². The van der Waals surface area contributed by atoms with Gasteiger partial charge in [0.25, 0.3) is 0 Å². The Bertz CT molecular complexity index is 480. The molecule has 0 bridgehead atoms. The van der Waals surface area contributed by atoms with E-state index >= 15 is 0 Å². The highest BCUT2D eigenvalue weighted by Crippen LogP contribution is 2.22. The SMILES string of the molecule is Cl.Cl.c1ccc(-c2n[nH]c(C3CCCNC3)n2)cc1. The Morgan fingerprint density at radius 1 is 1.11 bits per heavy atom. The maximum absolute atomic E-state index is 4.60. The van der Waals surface area contributed by atoms with Crippen molar-refractivity contribution in [1.29, 1.82) is 0 Å². The summed E-state index contributed by atoms with van der Waals surface area (Å²) in [6.45, 7) is 2.12. The lowest BCUT2D eigenvalue weighted by Crippen LogP contribution is -2.28. The van der Waals surface area contributed by atoms with E-state index in [0.29, 0.717) is 5.92 Å². The Hall–Kier alpha value is -1.10. The summed E-state index contributed by atoms with van der Waals surface area (Å²) in [5.74, 6) is 2.29. The van der Waals surface area contributed by atoms with Gasteiger partial charge in [0, 0.05) is 18.0 Å². The molecule has 6 heteroatoms. The van der Waals surface area contributed by atoms with Gasteiger partial charge in [-0.1, -0.05) is 30.3 Å². The Kier molecular flexibility index (Phi) is 6.28. The van der Waals surface area contributed by atoms with Crippen LogP contribution in [0.1, 0.15) is 24.6 Å². The van der Waals surface area contributed by atoms with Gasteiger partial charge in [-0.2, -0.15) is 5.10 Å². The van der Waals surface area contributed by atoms with Gasteiger partial charge in [0.15, 0.2) is 5.82 Å². The highest BCUT2D eigenvalue weighted by molar-refractivity contribution is 5.85. The van der Waals surface area contributed by atoms with Crippen LogP contribution >= 0.6 is 24.8 Å². The normalized spacial score (nSPS) is 18.2. The number of nitrogens with one attached hydrogen (secondary N) is 2. The van der Waals surface area contributed by atoms with Gasteiger partial charge in [0.2, 0.25) is 0 Å². The Balaban J connectivity index is 0.000000902. The number of aromatic nitrogens is 3. The molecule has 0 spiro atoms. The maximum atomic E-state index is 4.60. The number of hydrogen-bond acceptors (Lipinski definition) is 3. The molecule has 0 radical (unpaired) electrons. The standard InChI is InChI=1S/C13H16N4.2ClH/c1-2-5-10(6-3-1)12-15-13(17-16-12)11-7-4-8-14-9-11;;/h1-3,5-6,11,14H,4,7-9H2,(H,15,16,17);2*1H. The van der Waals surface area contributed by atoms with Crippen LogP contribution in [-0.4, -0.2) is 28.3 Å². The summed E-state index contributed by atoms with van der Waals surface area (Å²) in [7, 11) is 0. The summed E-state index contributed by atoms with van der Waals surface area (Å²) >= 11 is 0. The lowest BCUT2D eigenvalue weighted by atomic mass is 9.99. The molecular weight excluding hydrogens is 283 g/mol. The number of hydrogen-bond donors (Lipinski definition) is 2. The Morgan fingerprint density at radius 3 is 2.58 bits per heavy atom. The molecule has 0 aliphatic carbocycles. The molecule has 2 heterocycles. The van der Waals surface area contributed by atoms with Gasteiger partial charge in [-0.05, 0) is 19.4 Å². The average Bonchev–Trinajstić information content (AvgIpc) is 2.90. The molecule has 1 aromatic heterocycles. The second-order valence-electron chi connectivity index (χ2n) is 4.45. The van der Waals surface area contributed by atoms with Gasteiger partial charge >= 0.3 is 0 Å². The third kappa shape index (κ3) is 3.69. The summed E-state index contributed by atoms with van der Waals surface area (Å²) < 4.78 is 0. The first-order chi connectivity index (χ1) is 8.43. The molecule has 3 rings (SSSR count). The Morgan fingerprint density at radius 2 is 1.89 bits per heavy atom. The van der Waals surface area contributed by atoms with Crippen molar-refractivity contribution in [3.63, 3.8) is 0 Å². The number of nitrogens with zero attached hydrogens (tertiary/aromatic N) is 2. The lowest BCUT2D eigenvalue weighted by molar-refractivity contribution is 0.447. The van der Waals surface area contributed by atoms with Crippen molar-refractivity contribution in [3.8, 4) is 11.4 Å². The van der Waals surface area contributed by atoms with E-state index in [1.807, 2.05) is 30.3 Å². The van der Waals surface area contributed by atoms with Gasteiger partial charge in [0.1, 0.15) is 5.82 Å². The first kappa shape index (κ1) is 16.0. The highest BCUT2D eigenvalue weighted by atomic mass is 35.5. The molecule has 2 N–H and O–H groups in total. The van der Waals surface area contributed by atoms with Crippen molar-refractivity contribution in [2.75, 3.05) is 13.1 Å². The maximum Gasteiger partial charge on any atom is 0.181 e. The highest BCUT2D eigenvalue weighted by Gasteiger charge is 2.18. The van der Waals surface area contributed by atoms with Crippen LogP contribution in [0.2, 0.25) is 0 Å². The van der Waals surface area contributed by atoms with Crippen molar-refractivity contribution >= 4 is 24.8 Å². The van der Waals surface area contributed by atoms with Crippen LogP contribution in [0.25, 0.3) is 11.4 Å². The molecule has 1 aliphatic heterocycles. The molecule has 1 fully saturated rings. The van der Waals surface area contributed by atoms with E-state index < -0.39 is 0 Å². The summed E-state index contributed by atoms with van der Waals surface area (Å²) in [6.07, 6.45) is 2.41. The number of aromatic amines is 1. The fourth-order valence-corrected chi connectivity index (χ4v) is 2.26. The lowest BCUT2D eigenvalue weighted by Gasteiger charge is -2.20. The fourth-order valence-electron chi connectivity index (χ4n) is 2.26. The quantitative estimate of drug-likeness (QED) is 0.897. The van der Waals surface area contributed by atoms with E-state index in [2.05, 4.69) is 20.5 Å². The molecule has 19 heavy (non-hydrogen) atoms. The van der Waals surface area contributed by atoms with Crippen molar-refractivity contribution in [2.24, 2.45) is 0 Å². The van der Waals surface area contributed by atoms with Crippen molar-refractivity contribution in [1.82, 2.24) is 20.5 Å². The van der Waals surface area contributed by atoms with Crippen LogP contribution in [-0.2, 0) is 0 Å². The smallest absolute Gasteiger partial charge is 0.181 e. The van der Waals surface area contributed by atoms with Crippen molar-refractivity contribution in [3.05, 3.63) is 36.2 Å². The van der Waals surface area contributed by atoms with E-state index in [1.165, 1.54) is 12.8 Å². The van der Waals surface area contributed by atoms with Gasteiger partial charge < -0.3 is 5.32 Å². The van der Waals surface area contributed by atoms with Crippen LogP contribution in [0.15, 0.2) is 30.3 Å². The van der Waals surface area contributed by atoms with Crippen LogP contribution < -0.4 is 5.32 Å². The van der Waals surface area contributed by atoms with Crippen LogP contribution in [0.3, 0.4) is 0 Å². The van der Waals surface area contributed by atoms with Crippen LogP contribution in [0.5, 0.6) is 0 Å². The summed E-state index contributed by atoms with van der Waals surface area (Å²) in [4.78, 5) is 4.60. The minimum absolute atomic E-state index is 0. The number of halogens is 2. The fraction of sp³-hybridized carbons (Fsp3) is 0.385. The number of benzene rings is 1. The van der Waals surface area contributed by atoms with Gasteiger partial charge in [-0.25, -0.2) is 4.98 Å². The van der Waals surface area contributed by atoms with Gasteiger partial charge in [-0.3, -0.25) is 5.10 Å². The second kappa shape index (κ2) is 7.48. The molecule has 2 aromatic rings. The molecule has 0 amide bonds. The van der Waals surface area contributed by atoms with Crippen LogP contribution in [0.4, 0.5) is 0 Å². The zero-order valence-corrected chi connectivity index (χ0v) is 12.1. The summed E-state index contributed by atoms with van der Waals surface area (Å²) in [5, 5.41) is 10.8. The zero-order valence-electron chi connectivity index (χ0n) is 10.5. The van der Waals surface area contributed by atoms with Crippen LogP contribution in [0, 0.1) is 0 Å². The molecule has 1 unspecified atom stereocenters. The van der Waals surface area contributed by atoms with Gasteiger partial charge in [0.05, 0.1) is 0 Å². The average molecular weight is 301 g/mol. The van der Waals surface area contributed by atoms with E-state index in [9.17, 15) is 0 Å². The largest absolute Gasteiger partial charge is 0.316 e. The second-order valence-corrected chi connectivity index (χ2v) is 4.45. The molecular formula is C13H18Cl2N4. The summed E-state index contributed by atoms with van der Waals surface area (Å²) in [6, 6.07) is 10.1. The minimum Gasteiger partial charge on any atom is -0.316 e. The first-order valence-corrected chi connectivity index (χ1v) is 6.12. The molecule has 0 saturated carbocycles. The number of H-pyrrole nitrogens is 1. The topological polar surface area (TPSA) is 53.6 Å². The summed E-state index contributed by atoms with van der Waals surface area (Å²) in [5.41, 5.74) is 1.07. The van der Waals surface area contributed by atoms with Crippen molar-refractivity contribution in [2.45, 2.75) is 18.8 Å². The number of piperidine rings is 1. The molecule has 104 valence electrons. The predicted molar refractivity (Wildman–Crippen MR) is 81.2 cm³/mol. The van der Waals surface area contributed by atoms with E-state index in [4.69, 9.17) is 0 Å². The molecule has 1 atom stereocenters. The van der Waals surface area contributed by atoms with E-state index in [-0.39, 0.29) is 24.8 Å². The van der Waals surface area contributed by atoms with Crippen molar-refractivity contribution < 1.29 is 0 Å². The number of rotatable bonds is 2. The first-order valence-electron chi connectivity index (χ1n) is 6.12. The monoisotopic (exact) mass is 300 g/mol. The predicted octanol–water partition coefficient (Wildman–Crippen LogP) is 2.78. The third-order valence-electron chi connectivity index (χ3n) is 3.22. The van der Waals surface area contributed by atoms with E-state index in [0.717, 1.165) is 30.3 Å². The molecule has 1 saturated heterocycles. The molecule has 4 nitrogen and oxygen atoms in total. The Labute approximate surface area is 125 Å². The third-order valence-corrected chi connectivity index (χ3v) is 3.22.